The van der Waals surface area contributed by atoms with Crippen LogP contribution >= 0.6 is 0 Å². The van der Waals surface area contributed by atoms with E-state index in [1.54, 1.807) is 18.2 Å². The first-order chi connectivity index (χ1) is 12.7. The van der Waals surface area contributed by atoms with Crippen LogP contribution in [0.2, 0.25) is 0 Å². The lowest BCUT2D eigenvalue weighted by Gasteiger charge is -2.06. The summed E-state index contributed by atoms with van der Waals surface area (Å²) in [5.74, 6) is -0.922. The van der Waals surface area contributed by atoms with Gasteiger partial charge in [-0.3, -0.25) is 0 Å². The number of nitrogens with one attached hydrogen (secondary N) is 1. The van der Waals surface area contributed by atoms with Crippen molar-refractivity contribution in [2.45, 2.75) is 6.54 Å². The number of anilines is 1. The van der Waals surface area contributed by atoms with Crippen molar-refractivity contribution >= 4 is 22.6 Å². The molecule has 0 aliphatic rings. The number of benzene rings is 3. The molecule has 2 N–H and O–H groups in total. The lowest BCUT2D eigenvalue weighted by Crippen LogP contribution is -2.00. The third kappa shape index (κ3) is 3.05. The van der Waals surface area contributed by atoms with Crippen molar-refractivity contribution in [2.24, 2.45) is 0 Å². The normalized spacial score (nSPS) is 10.8. The maximum absolute atomic E-state index is 11.3. The van der Waals surface area contributed by atoms with E-state index in [4.69, 9.17) is 0 Å². The maximum atomic E-state index is 11.3. The van der Waals surface area contributed by atoms with Gasteiger partial charge in [0.2, 0.25) is 0 Å². The number of aromatic carboxylic acids is 1. The largest absolute Gasteiger partial charge is 0.478 e. The molecule has 4 rings (SSSR count). The minimum atomic E-state index is -0.922. The van der Waals surface area contributed by atoms with E-state index in [1.807, 2.05) is 53.1 Å². The molecule has 0 atom stereocenters. The monoisotopic (exact) mass is 342 g/mol. The first-order valence-corrected chi connectivity index (χ1v) is 8.44. The highest BCUT2D eigenvalue weighted by Gasteiger charge is 2.11. The Morgan fingerprint density at radius 1 is 0.923 bits per heavy atom. The molecule has 0 aliphatic heterocycles. The topological polar surface area (TPSA) is 54.3 Å². The Morgan fingerprint density at radius 2 is 1.69 bits per heavy atom. The third-order valence-corrected chi connectivity index (χ3v) is 4.42. The third-order valence-electron chi connectivity index (χ3n) is 4.42. The molecule has 0 saturated carbocycles. The molecule has 0 unspecified atom stereocenters. The molecule has 1 heterocycles. The molecule has 0 amide bonds. The molecule has 0 fully saturated rings. The Hall–Kier alpha value is -3.53. The van der Waals surface area contributed by atoms with Gasteiger partial charge in [0, 0.05) is 29.5 Å². The average molecular weight is 342 g/mol. The molecular weight excluding hydrogens is 324 g/mol. The van der Waals surface area contributed by atoms with Gasteiger partial charge in [-0.05, 0) is 42.0 Å². The van der Waals surface area contributed by atoms with E-state index < -0.39 is 5.97 Å². The summed E-state index contributed by atoms with van der Waals surface area (Å²) in [6.07, 6.45) is 2.07. The zero-order valence-electron chi connectivity index (χ0n) is 14.1. The van der Waals surface area contributed by atoms with Gasteiger partial charge < -0.3 is 15.0 Å². The van der Waals surface area contributed by atoms with Crippen molar-refractivity contribution in [3.63, 3.8) is 0 Å². The number of para-hydroxylation sites is 2. The van der Waals surface area contributed by atoms with E-state index in [-0.39, 0.29) is 5.56 Å². The fourth-order valence-electron chi connectivity index (χ4n) is 3.15. The van der Waals surface area contributed by atoms with Crippen LogP contribution in [0.4, 0.5) is 5.69 Å². The van der Waals surface area contributed by atoms with Crippen molar-refractivity contribution in [3.8, 4) is 5.69 Å². The second-order valence-electron chi connectivity index (χ2n) is 6.12. The van der Waals surface area contributed by atoms with Gasteiger partial charge in [0.1, 0.15) is 0 Å². The van der Waals surface area contributed by atoms with Gasteiger partial charge in [0.15, 0.2) is 0 Å². The van der Waals surface area contributed by atoms with Crippen LogP contribution in [0.25, 0.3) is 16.6 Å². The van der Waals surface area contributed by atoms with Crippen LogP contribution in [0.3, 0.4) is 0 Å². The molecule has 4 aromatic rings. The highest BCUT2D eigenvalue weighted by Crippen LogP contribution is 2.26. The molecule has 3 aromatic carbocycles. The van der Waals surface area contributed by atoms with Gasteiger partial charge in [-0.2, -0.15) is 0 Å². The SMILES string of the molecule is O=C(O)c1cccc(-n2cc(CNc3ccccc3)c3ccccc32)c1. The number of hydrogen-bond acceptors (Lipinski definition) is 2. The Bertz CT molecular complexity index is 1070. The summed E-state index contributed by atoms with van der Waals surface area (Å²) in [7, 11) is 0. The minimum absolute atomic E-state index is 0.282. The van der Waals surface area contributed by atoms with Gasteiger partial charge in [-0.25, -0.2) is 4.79 Å². The maximum Gasteiger partial charge on any atom is 0.335 e. The fourth-order valence-corrected chi connectivity index (χ4v) is 3.15. The quantitative estimate of drug-likeness (QED) is 0.540. The first kappa shape index (κ1) is 16.0. The molecular formula is C22H18N2O2. The van der Waals surface area contributed by atoms with Gasteiger partial charge in [-0.15, -0.1) is 0 Å². The van der Waals surface area contributed by atoms with Crippen molar-refractivity contribution in [1.82, 2.24) is 4.57 Å². The molecule has 1 aromatic heterocycles. The summed E-state index contributed by atoms with van der Waals surface area (Å²) < 4.78 is 2.05. The molecule has 0 aliphatic carbocycles. The van der Waals surface area contributed by atoms with Crippen LogP contribution in [0.1, 0.15) is 15.9 Å². The number of hydrogen-bond donors (Lipinski definition) is 2. The van der Waals surface area contributed by atoms with Crippen LogP contribution < -0.4 is 5.32 Å². The molecule has 128 valence electrons. The molecule has 0 spiro atoms. The fraction of sp³-hybridized carbons (Fsp3) is 0.0455. The highest BCUT2D eigenvalue weighted by atomic mass is 16.4. The van der Waals surface area contributed by atoms with Crippen LogP contribution in [0.15, 0.2) is 85.1 Å². The lowest BCUT2D eigenvalue weighted by atomic mass is 10.1. The second-order valence-corrected chi connectivity index (χ2v) is 6.12. The summed E-state index contributed by atoms with van der Waals surface area (Å²) >= 11 is 0. The number of carboxylic acid groups (broad SMARTS) is 1. The zero-order valence-corrected chi connectivity index (χ0v) is 14.1. The van der Waals surface area contributed by atoms with Gasteiger partial charge in [0.05, 0.1) is 11.1 Å². The summed E-state index contributed by atoms with van der Waals surface area (Å²) in [6, 6.07) is 25.2. The first-order valence-electron chi connectivity index (χ1n) is 8.44. The van der Waals surface area contributed by atoms with Gasteiger partial charge >= 0.3 is 5.97 Å². The van der Waals surface area contributed by atoms with E-state index in [0.29, 0.717) is 6.54 Å². The number of carbonyl (C=O) groups is 1. The van der Waals surface area contributed by atoms with Crippen LogP contribution in [-0.2, 0) is 6.54 Å². The molecule has 0 saturated heterocycles. The Kier molecular flexibility index (Phi) is 4.15. The standard InChI is InChI=1S/C22H18N2O2/c25-22(26)16-7-6-10-19(13-16)24-15-17(20-11-4-5-12-21(20)24)14-23-18-8-2-1-3-9-18/h1-13,15,23H,14H2,(H,25,26). The van der Waals surface area contributed by atoms with Crippen LogP contribution in [-0.4, -0.2) is 15.6 Å². The van der Waals surface area contributed by atoms with Gasteiger partial charge in [-0.1, -0.05) is 42.5 Å². The molecule has 4 nitrogen and oxygen atoms in total. The van der Waals surface area contributed by atoms with E-state index in [0.717, 1.165) is 27.8 Å². The number of nitrogens with zero attached hydrogens (tertiary/aromatic N) is 1. The number of carboxylic acids is 1. The van der Waals surface area contributed by atoms with Crippen LogP contribution in [0, 0.1) is 0 Å². The summed E-state index contributed by atoms with van der Waals surface area (Å²) in [5.41, 5.74) is 4.40. The predicted octanol–water partition coefficient (Wildman–Crippen LogP) is 4.94. The highest BCUT2D eigenvalue weighted by molar-refractivity contribution is 5.89. The van der Waals surface area contributed by atoms with Crippen molar-refractivity contribution in [1.29, 1.82) is 0 Å². The number of rotatable bonds is 5. The lowest BCUT2D eigenvalue weighted by molar-refractivity contribution is 0.0697. The zero-order chi connectivity index (χ0) is 17.9. The van der Waals surface area contributed by atoms with Gasteiger partial charge in [0.25, 0.3) is 0 Å². The number of fused-ring (bicyclic) bond motifs is 1. The summed E-state index contributed by atoms with van der Waals surface area (Å²) in [4.78, 5) is 11.3. The molecule has 0 radical (unpaired) electrons. The van der Waals surface area contributed by atoms with Crippen molar-refractivity contribution in [3.05, 3.63) is 96.2 Å². The Balaban J connectivity index is 1.74. The van der Waals surface area contributed by atoms with Crippen LogP contribution in [0.5, 0.6) is 0 Å². The molecule has 0 bridgehead atoms. The van der Waals surface area contributed by atoms with E-state index in [9.17, 15) is 9.90 Å². The van der Waals surface area contributed by atoms with E-state index >= 15 is 0 Å². The smallest absolute Gasteiger partial charge is 0.335 e. The minimum Gasteiger partial charge on any atom is -0.478 e. The second kappa shape index (κ2) is 6.76. The van der Waals surface area contributed by atoms with E-state index in [1.165, 1.54) is 0 Å². The summed E-state index contributed by atoms with van der Waals surface area (Å²) in [6.45, 7) is 0.691. The summed E-state index contributed by atoms with van der Waals surface area (Å²) in [5, 5.41) is 13.9. The predicted molar refractivity (Wildman–Crippen MR) is 104 cm³/mol. The molecule has 26 heavy (non-hydrogen) atoms. The average Bonchev–Trinajstić information content (AvgIpc) is 3.06. The van der Waals surface area contributed by atoms with E-state index in [2.05, 4.69) is 23.6 Å². The Morgan fingerprint density at radius 3 is 2.50 bits per heavy atom. The molecule has 4 heteroatoms. The number of aromatic nitrogens is 1. The Labute approximate surface area is 151 Å². The van der Waals surface area contributed by atoms with Crippen molar-refractivity contribution < 1.29 is 9.90 Å². The van der Waals surface area contributed by atoms with Crippen molar-refractivity contribution in [2.75, 3.05) is 5.32 Å².